The molecule has 1 aliphatic heterocycles. The van der Waals surface area contributed by atoms with Crippen molar-refractivity contribution in [2.24, 2.45) is 0 Å². The molecule has 0 saturated heterocycles. The molecule has 5 rings (SSSR count). The molecule has 6 nitrogen and oxygen atoms in total. The van der Waals surface area contributed by atoms with Gasteiger partial charge in [-0.3, -0.25) is 14.5 Å². The number of halogens is 2. The zero-order valence-electron chi connectivity index (χ0n) is 19.5. The lowest BCUT2D eigenvalue weighted by Gasteiger charge is -2.26. The zero-order chi connectivity index (χ0) is 25.6. The van der Waals surface area contributed by atoms with Gasteiger partial charge in [-0.1, -0.05) is 36.4 Å². The van der Waals surface area contributed by atoms with E-state index < -0.39 is 23.2 Å². The Morgan fingerprint density at radius 3 is 2.64 bits per heavy atom. The van der Waals surface area contributed by atoms with Gasteiger partial charge in [-0.2, -0.15) is 0 Å². The zero-order valence-corrected chi connectivity index (χ0v) is 20.3. The SMILES string of the molecule is C=CCOc1ccc(C2c3c(oc4ccc(F)cc4c3=O)C(=O)N2c2ccc(C)c(Cl)c2)cc1OC. The van der Waals surface area contributed by atoms with Gasteiger partial charge in [-0.05, 0) is 60.5 Å². The van der Waals surface area contributed by atoms with Crippen molar-refractivity contribution in [3.05, 3.63) is 111 Å². The van der Waals surface area contributed by atoms with Crippen molar-refractivity contribution in [1.29, 1.82) is 0 Å². The van der Waals surface area contributed by atoms with Crippen molar-refractivity contribution in [3.63, 3.8) is 0 Å². The second kappa shape index (κ2) is 9.17. The smallest absolute Gasteiger partial charge is 0.295 e. The highest BCUT2D eigenvalue weighted by molar-refractivity contribution is 6.31. The van der Waals surface area contributed by atoms with Gasteiger partial charge in [0.25, 0.3) is 5.91 Å². The molecule has 0 bridgehead atoms. The maximum absolute atomic E-state index is 14.0. The first-order valence-electron chi connectivity index (χ1n) is 11.1. The van der Waals surface area contributed by atoms with Crippen molar-refractivity contribution in [2.75, 3.05) is 18.6 Å². The third kappa shape index (κ3) is 3.82. The first-order valence-corrected chi connectivity index (χ1v) is 11.5. The van der Waals surface area contributed by atoms with Crippen molar-refractivity contribution in [2.45, 2.75) is 13.0 Å². The summed E-state index contributed by atoms with van der Waals surface area (Å²) in [4.78, 5) is 28.8. The van der Waals surface area contributed by atoms with Crippen LogP contribution in [0.2, 0.25) is 5.02 Å². The predicted molar refractivity (Wildman–Crippen MR) is 136 cm³/mol. The van der Waals surface area contributed by atoms with Crippen LogP contribution in [0.3, 0.4) is 0 Å². The average molecular weight is 506 g/mol. The standard InChI is InChI=1S/C28H21ClFNO5/c1-4-11-35-22-9-6-16(12-23(22)34-3)25-24-26(32)19-13-17(30)7-10-21(19)36-27(24)28(33)31(25)18-8-5-15(2)20(29)14-18/h4-10,12-14,25H,1,11H2,2-3H3. The molecule has 1 atom stereocenters. The van der Waals surface area contributed by atoms with Gasteiger partial charge in [-0.25, -0.2) is 4.39 Å². The third-order valence-corrected chi connectivity index (χ3v) is 6.53. The van der Waals surface area contributed by atoms with Crippen LogP contribution in [0.15, 0.2) is 76.5 Å². The number of aryl methyl sites for hydroxylation is 1. The fourth-order valence-electron chi connectivity index (χ4n) is 4.38. The summed E-state index contributed by atoms with van der Waals surface area (Å²) in [7, 11) is 1.50. The quantitative estimate of drug-likeness (QED) is 0.291. The van der Waals surface area contributed by atoms with Crippen LogP contribution in [0.25, 0.3) is 11.0 Å². The Labute approximate surface area is 211 Å². The number of benzene rings is 3. The Balaban J connectivity index is 1.77. The first-order chi connectivity index (χ1) is 17.3. The molecule has 0 fully saturated rings. The number of ether oxygens (including phenoxy) is 2. The number of anilines is 1. The van der Waals surface area contributed by atoms with Gasteiger partial charge in [0.1, 0.15) is 18.0 Å². The minimum atomic E-state index is -0.877. The lowest BCUT2D eigenvalue weighted by Crippen LogP contribution is -2.29. The number of carbonyl (C=O) groups excluding carboxylic acids is 1. The van der Waals surface area contributed by atoms with Crippen molar-refractivity contribution < 1.29 is 23.1 Å². The Bertz CT molecular complexity index is 1600. The van der Waals surface area contributed by atoms with E-state index in [9.17, 15) is 14.0 Å². The highest BCUT2D eigenvalue weighted by Gasteiger charge is 2.44. The minimum absolute atomic E-state index is 0.0493. The van der Waals surface area contributed by atoms with E-state index in [1.807, 2.05) is 6.92 Å². The van der Waals surface area contributed by atoms with Crippen molar-refractivity contribution >= 4 is 34.2 Å². The van der Waals surface area contributed by atoms with Gasteiger partial charge in [0, 0.05) is 10.7 Å². The summed E-state index contributed by atoms with van der Waals surface area (Å²) < 4.78 is 31.1. The average Bonchev–Trinajstić information content (AvgIpc) is 3.17. The molecule has 1 aliphatic rings. The highest BCUT2D eigenvalue weighted by Crippen LogP contribution is 2.44. The van der Waals surface area contributed by atoms with Crippen LogP contribution in [-0.4, -0.2) is 19.6 Å². The van der Waals surface area contributed by atoms with E-state index in [2.05, 4.69) is 6.58 Å². The normalized spacial score (nSPS) is 14.7. The summed E-state index contributed by atoms with van der Waals surface area (Å²) in [5, 5.41) is 0.514. The Morgan fingerprint density at radius 2 is 1.92 bits per heavy atom. The van der Waals surface area contributed by atoms with Crippen LogP contribution in [0.1, 0.15) is 33.3 Å². The van der Waals surface area contributed by atoms with E-state index >= 15 is 0 Å². The first kappa shape index (κ1) is 23.6. The molecule has 182 valence electrons. The van der Waals surface area contributed by atoms with Crippen LogP contribution < -0.4 is 19.8 Å². The summed E-state index contributed by atoms with van der Waals surface area (Å²) in [6.07, 6.45) is 1.61. The number of nitrogens with zero attached hydrogens (tertiary/aromatic N) is 1. The Morgan fingerprint density at radius 1 is 1.11 bits per heavy atom. The van der Waals surface area contributed by atoms with Gasteiger partial charge in [-0.15, -0.1) is 0 Å². The van der Waals surface area contributed by atoms with Crippen LogP contribution in [0.4, 0.5) is 10.1 Å². The molecule has 0 N–H and O–H groups in total. The summed E-state index contributed by atoms with van der Waals surface area (Å²) in [6, 6.07) is 13.1. The monoisotopic (exact) mass is 505 g/mol. The van der Waals surface area contributed by atoms with Gasteiger partial charge in [0.05, 0.1) is 24.1 Å². The molecule has 36 heavy (non-hydrogen) atoms. The fraction of sp³-hybridized carbons (Fsp3) is 0.143. The molecule has 1 aromatic heterocycles. The topological polar surface area (TPSA) is 69.0 Å². The number of methoxy groups -OCH3 is 1. The second-order valence-electron chi connectivity index (χ2n) is 8.34. The summed E-state index contributed by atoms with van der Waals surface area (Å²) in [5.41, 5.74) is 1.63. The Kier molecular flexibility index (Phi) is 6.02. The fourth-order valence-corrected chi connectivity index (χ4v) is 4.56. The van der Waals surface area contributed by atoms with Crippen LogP contribution in [0.5, 0.6) is 11.5 Å². The largest absolute Gasteiger partial charge is 0.493 e. The molecule has 0 aliphatic carbocycles. The van der Waals surface area contributed by atoms with E-state index in [1.54, 1.807) is 42.5 Å². The van der Waals surface area contributed by atoms with Crippen molar-refractivity contribution in [1.82, 2.24) is 0 Å². The molecule has 3 aromatic carbocycles. The number of rotatable bonds is 6. The van der Waals surface area contributed by atoms with Gasteiger partial charge in [0.15, 0.2) is 16.9 Å². The lowest BCUT2D eigenvalue weighted by molar-refractivity contribution is 0.0971. The number of hydrogen-bond acceptors (Lipinski definition) is 5. The Hall–Kier alpha value is -4.10. The number of hydrogen-bond donors (Lipinski definition) is 0. The molecular formula is C28H21ClFNO5. The lowest BCUT2D eigenvalue weighted by atomic mass is 9.97. The van der Waals surface area contributed by atoms with E-state index in [1.165, 1.54) is 24.1 Å². The number of carbonyl (C=O) groups is 1. The molecule has 0 saturated carbocycles. The predicted octanol–water partition coefficient (Wildman–Crippen LogP) is 6.22. The molecule has 0 radical (unpaired) electrons. The third-order valence-electron chi connectivity index (χ3n) is 6.13. The minimum Gasteiger partial charge on any atom is -0.493 e. The number of fused-ring (bicyclic) bond motifs is 2. The molecule has 0 spiro atoms. The summed E-state index contributed by atoms with van der Waals surface area (Å²) in [5.74, 6) is -0.309. The van der Waals surface area contributed by atoms with E-state index in [0.29, 0.717) is 27.8 Å². The number of amides is 1. The molecular weight excluding hydrogens is 485 g/mol. The van der Waals surface area contributed by atoms with Crippen LogP contribution >= 0.6 is 11.6 Å². The molecule has 2 heterocycles. The molecule has 8 heteroatoms. The molecule has 1 unspecified atom stereocenters. The van der Waals surface area contributed by atoms with Gasteiger partial charge >= 0.3 is 0 Å². The maximum Gasteiger partial charge on any atom is 0.295 e. The molecule has 1 amide bonds. The van der Waals surface area contributed by atoms with E-state index in [0.717, 1.165) is 11.6 Å². The van der Waals surface area contributed by atoms with E-state index in [-0.39, 0.29) is 28.9 Å². The molecule has 4 aromatic rings. The van der Waals surface area contributed by atoms with Gasteiger partial charge in [0.2, 0.25) is 5.76 Å². The second-order valence-corrected chi connectivity index (χ2v) is 8.74. The summed E-state index contributed by atoms with van der Waals surface area (Å²) >= 11 is 6.39. The van der Waals surface area contributed by atoms with Gasteiger partial charge < -0.3 is 13.9 Å². The van der Waals surface area contributed by atoms with E-state index in [4.69, 9.17) is 25.5 Å². The van der Waals surface area contributed by atoms with Crippen molar-refractivity contribution in [3.8, 4) is 11.5 Å². The highest BCUT2D eigenvalue weighted by atomic mass is 35.5. The van der Waals surface area contributed by atoms with Crippen LogP contribution in [-0.2, 0) is 0 Å². The maximum atomic E-state index is 14.0. The van der Waals surface area contributed by atoms with Crippen LogP contribution in [0, 0.1) is 12.7 Å². The summed E-state index contributed by atoms with van der Waals surface area (Å²) in [6.45, 7) is 5.77.